The Labute approximate surface area is 118 Å². The normalized spacial score (nSPS) is 23.9. The first-order chi connectivity index (χ1) is 9.74. The molecule has 1 aliphatic heterocycles. The Kier molecular flexibility index (Phi) is 5.68. The van der Waals surface area contributed by atoms with Gasteiger partial charge in [-0.3, -0.25) is 0 Å². The van der Waals surface area contributed by atoms with Gasteiger partial charge in [0.05, 0.1) is 13.2 Å². The second-order valence-electron chi connectivity index (χ2n) is 4.98. The molecule has 0 spiro atoms. The largest absolute Gasteiger partial charge is 0.348 e. The third-order valence-corrected chi connectivity index (χ3v) is 3.38. The number of ether oxygens (including phenoxy) is 2. The maximum atomic E-state index is 13.4. The summed E-state index contributed by atoms with van der Waals surface area (Å²) in [5.41, 5.74) is 1.22. The summed E-state index contributed by atoms with van der Waals surface area (Å²) in [7, 11) is 0. The molecule has 1 aromatic rings. The summed E-state index contributed by atoms with van der Waals surface area (Å²) in [6, 6.07) is 6.74. The predicted molar refractivity (Wildman–Crippen MR) is 74.5 cm³/mol. The maximum Gasteiger partial charge on any atom is 0.183 e. The van der Waals surface area contributed by atoms with E-state index in [4.69, 9.17) is 9.47 Å². The standard InChI is InChI=1S/C16H20F2O2/c1-2-3-12-10-19-16(20-11-12)14-6-4-13(5-7-14)15(18)8-9-17/h4-8,12,16H,2-3,9-11H2,1H3/b15-8-. The van der Waals surface area contributed by atoms with Gasteiger partial charge in [-0.05, 0) is 12.5 Å². The average molecular weight is 282 g/mol. The van der Waals surface area contributed by atoms with E-state index in [2.05, 4.69) is 6.92 Å². The fourth-order valence-electron chi connectivity index (χ4n) is 2.30. The van der Waals surface area contributed by atoms with Gasteiger partial charge in [0.1, 0.15) is 12.5 Å². The van der Waals surface area contributed by atoms with Crippen LogP contribution in [-0.4, -0.2) is 19.9 Å². The smallest absolute Gasteiger partial charge is 0.183 e. The summed E-state index contributed by atoms with van der Waals surface area (Å²) in [5, 5.41) is 0. The van der Waals surface area contributed by atoms with Crippen LogP contribution in [0.1, 0.15) is 37.2 Å². The van der Waals surface area contributed by atoms with Gasteiger partial charge in [0.2, 0.25) is 0 Å². The zero-order chi connectivity index (χ0) is 14.4. The van der Waals surface area contributed by atoms with Crippen LogP contribution in [-0.2, 0) is 9.47 Å². The van der Waals surface area contributed by atoms with Gasteiger partial charge in [0.25, 0.3) is 0 Å². The molecular formula is C16H20F2O2. The van der Waals surface area contributed by atoms with Gasteiger partial charge in [0, 0.05) is 17.0 Å². The van der Waals surface area contributed by atoms with Crippen molar-refractivity contribution in [1.29, 1.82) is 0 Å². The molecule has 1 aliphatic rings. The Morgan fingerprint density at radius 1 is 1.25 bits per heavy atom. The van der Waals surface area contributed by atoms with Gasteiger partial charge in [0.15, 0.2) is 6.29 Å². The van der Waals surface area contributed by atoms with E-state index >= 15 is 0 Å². The number of benzene rings is 1. The van der Waals surface area contributed by atoms with Crippen LogP contribution in [0.15, 0.2) is 30.3 Å². The van der Waals surface area contributed by atoms with Gasteiger partial charge in [-0.2, -0.15) is 0 Å². The van der Waals surface area contributed by atoms with Crippen LogP contribution in [0.3, 0.4) is 0 Å². The van der Waals surface area contributed by atoms with Gasteiger partial charge in [-0.25, -0.2) is 8.78 Å². The molecule has 0 atom stereocenters. The highest BCUT2D eigenvalue weighted by Gasteiger charge is 2.22. The quantitative estimate of drug-likeness (QED) is 0.795. The van der Waals surface area contributed by atoms with Crippen molar-refractivity contribution in [2.24, 2.45) is 5.92 Å². The second-order valence-corrected chi connectivity index (χ2v) is 4.98. The molecule has 0 unspecified atom stereocenters. The molecule has 0 aromatic heterocycles. The molecule has 1 heterocycles. The lowest BCUT2D eigenvalue weighted by atomic mass is 10.0. The van der Waals surface area contributed by atoms with Crippen molar-refractivity contribution in [3.05, 3.63) is 41.5 Å². The Morgan fingerprint density at radius 2 is 1.90 bits per heavy atom. The summed E-state index contributed by atoms with van der Waals surface area (Å²) >= 11 is 0. The van der Waals surface area contributed by atoms with Crippen molar-refractivity contribution in [3.63, 3.8) is 0 Å². The minimum absolute atomic E-state index is 0.367. The Bertz CT molecular complexity index is 434. The lowest BCUT2D eigenvalue weighted by Gasteiger charge is -2.29. The van der Waals surface area contributed by atoms with Crippen molar-refractivity contribution in [1.82, 2.24) is 0 Å². The lowest BCUT2D eigenvalue weighted by Crippen LogP contribution is -2.26. The molecule has 4 heteroatoms. The summed E-state index contributed by atoms with van der Waals surface area (Å²) in [4.78, 5) is 0. The highest BCUT2D eigenvalue weighted by atomic mass is 19.1. The topological polar surface area (TPSA) is 18.5 Å². The number of halogens is 2. The van der Waals surface area contributed by atoms with E-state index in [-0.39, 0.29) is 6.29 Å². The monoisotopic (exact) mass is 282 g/mol. The first-order valence-corrected chi connectivity index (χ1v) is 6.99. The van der Waals surface area contributed by atoms with Gasteiger partial charge in [-0.1, -0.05) is 37.6 Å². The first kappa shape index (κ1) is 15.1. The zero-order valence-electron chi connectivity index (χ0n) is 11.6. The van der Waals surface area contributed by atoms with Crippen molar-refractivity contribution >= 4 is 5.83 Å². The van der Waals surface area contributed by atoms with Crippen LogP contribution < -0.4 is 0 Å². The van der Waals surface area contributed by atoms with E-state index in [1.807, 2.05) is 0 Å². The first-order valence-electron chi connectivity index (χ1n) is 6.99. The van der Waals surface area contributed by atoms with Crippen LogP contribution in [0.2, 0.25) is 0 Å². The molecule has 0 radical (unpaired) electrons. The Hall–Kier alpha value is -1.26. The van der Waals surface area contributed by atoms with Gasteiger partial charge >= 0.3 is 0 Å². The van der Waals surface area contributed by atoms with Crippen molar-refractivity contribution in [3.8, 4) is 0 Å². The minimum Gasteiger partial charge on any atom is -0.348 e. The average Bonchev–Trinajstić information content (AvgIpc) is 2.49. The molecular weight excluding hydrogens is 262 g/mol. The molecule has 0 N–H and O–H groups in total. The molecule has 20 heavy (non-hydrogen) atoms. The lowest BCUT2D eigenvalue weighted by molar-refractivity contribution is -0.206. The van der Waals surface area contributed by atoms with Crippen LogP contribution in [0.4, 0.5) is 8.78 Å². The fraction of sp³-hybridized carbons (Fsp3) is 0.500. The fourth-order valence-corrected chi connectivity index (χ4v) is 2.30. The van der Waals surface area contributed by atoms with E-state index in [1.165, 1.54) is 0 Å². The van der Waals surface area contributed by atoms with Gasteiger partial charge in [-0.15, -0.1) is 0 Å². The molecule has 1 aromatic carbocycles. The number of alkyl halides is 1. The second kappa shape index (κ2) is 7.50. The van der Waals surface area contributed by atoms with Gasteiger partial charge < -0.3 is 9.47 Å². The molecule has 0 bridgehead atoms. The molecule has 1 fully saturated rings. The molecule has 110 valence electrons. The summed E-state index contributed by atoms with van der Waals surface area (Å²) < 4.78 is 36.8. The van der Waals surface area contributed by atoms with Crippen molar-refractivity contribution < 1.29 is 18.3 Å². The summed E-state index contributed by atoms with van der Waals surface area (Å²) in [5.74, 6) is -0.0898. The molecule has 2 rings (SSSR count). The van der Waals surface area contributed by atoms with Crippen LogP contribution in [0.25, 0.3) is 5.83 Å². The predicted octanol–water partition coefficient (Wildman–Crippen LogP) is 4.43. The number of rotatable bonds is 5. The number of hydrogen-bond acceptors (Lipinski definition) is 2. The molecule has 0 aliphatic carbocycles. The third-order valence-electron chi connectivity index (χ3n) is 3.38. The van der Waals surface area contributed by atoms with E-state index < -0.39 is 12.5 Å². The van der Waals surface area contributed by atoms with Crippen molar-refractivity contribution in [2.75, 3.05) is 19.9 Å². The van der Waals surface area contributed by atoms with E-state index in [0.717, 1.165) is 24.5 Å². The molecule has 0 amide bonds. The Balaban J connectivity index is 1.96. The molecule has 2 nitrogen and oxygen atoms in total. The number of allylic oxidation sites excluding steroid dienone is 1. The summed E-state index contributed by atoms with van der Waals surface area (Å²) in [6.45, 7) is 2.72. The maximum absolute atomic E-state index is 13.4. The van der Waals surface area contributed by atoms with E-state index in [1.54, 1.807) is 24.3 Å². The SMILES string of the molecule is CCCC1COC(c2ccc(/C(F)=C/CF)cc2)OC1. The highest BCUT2D eigenvalue weighted by molar-refractivity contribution is 5.59. The minimum atomic E-state index is -0.804. The highest BCUT2D eigenvalue weighted by Crippen LogP contribution is 2.28. The van der Waals surface area contributed by atoms with Crippen molar-refractivity contribution in [2.45, 2.75) is 26.1 Å². The summed E-state index contributed by atoms with van der Waals surface area (Å²) in [6.07, 6.45) is 2.75. The molecule has 1 saturated heterocycles. The van der Waals surface area contributed by atoms with Crippen LogP contribution in [0.5, 0.6) is 0 Å². The zero-order valence-corrected chi connectivity index (χ0v) is 11.6. The van der Waals surface area contributed by atoms with Crippen LogP contribution >= 0.6 is 0 Å². The number of hydrogen-bond donors (Lipinski definition) is 0. The van der Waals surface area contributed by atoms with E-state index in [9.17, 15) is 8.78 Å². The third kappa shape index (κ3) is 3.87. The van der Waals surface area contributed by atoms with E-state index in [0.29, 0.717) is 24.7 Å². The Morgan fingerprint density at radius 3 is 2.45 bits per heavy atom. The van der Waals surface area contributed by atoms with Crippen LogP contribution in [0, 0.1) is 5.92 Å². The molecule has 0 saturated carbocycles.